The number of nitrogens with two attached hydrogens (primary N) is 1. The van der Waals surface area contributed by atoms with Gasteiger partial charge in [-0.25, -0.2) is 0 Å². The quantitative estimate of drug-likeness (QED) is 0.645. The number of thioether (sulfide) groups is 1. The lowest BCUT2D eigenvalue weighted by Gasteiger charge is -2.18. The lowest BCUT2D eigenvalue weighted by molar-refractivity contribution is 0.784. The van der Waals surface area contributed by atoms with Crippen LogP contribution in [0.3, 0.4) is 0 Å². The van der Waals surface area contributed by atoms with Gasteiger partial charge in [0.2, 0.25) is 0 Å². The van der Waals surface area contributed by atoms with Crippen molar-refractivity contribution in [2.24, 2.45) is 5.73 Å². The van der Waals surface area contributed by atoms with Gasteiger partial charge in [-0.05, 0) is 6.92 Å². The van der Waals surface area contributed by atoms with Crippen LogP contribution in [0.1, 0.15) is 27.7 Å². The standard InChI is InChI=1S/C7H17NS/c1-6(8)5-9-7(2,3)4/h6H,5,8H2,1-4H3/t6-/m0/s1. The lowest BCUT2D eigenvalue weighted by atomic mass is 10.3. The molecule has 0 heterocycles. The Morgan fingerprint density at radius 1 is 1.44 bits per heavy atom. The first kappa shape index (κ1) is 9.31. The average Bonchev–Trinajstić information content (AvgIpc) is 1.59. The summed E-state index contributed by atoms with van der Waals surface area (Å²) in [5.41, 5.74) is 5.58. The van der Waals surface area contributed by atoms with Crippen LogP contribution in [0, 0.1) is 0 Å². The molecule has 1 atom stereocenters. The molecule has 0 aliphatic heterocycles. The highest BCUT2D eigenvalue weighted by Gasteiger charge is 2.10. The maximum atomic E-state index is 5.58. The molecule has 0 bridgehead atoms. The largest absolute Gasteiger partial charge is 0.327 e. The zero-order chi connectivity index (χ0) is 7.49. The third kappa shape index (κ3) is 8.31. The first-order valence-corrected chi connectivity index (χ1v) is 4.30. The van der Waals surface area contributed by atoms with E-state index in [-0.39, 0.29) is 0 Å². The summed E-state index contributed by atoms with van der Waals surface area (Å²) in [6.07, 6.45) is 0. The smallest absolute Gasteiger partial charge is 0.0102 e. The molecule has 0 aliphatic carbocycles. The summed E-state index contributed by atoms with van der Waals surface area (Å²) < 4.78 is 0.369. The Morgan fingerprint density at radius 2 is 1.89 bits per heavy atom. The summed E-state index contributed by atoms with van der Waals surface area (Å²) in [6.45, 7) is 8.67. The molecule has 56 valence electrons. The van der Waals surface area contributed by atoms with Crippen molar-refractivity contribution in [2.75, 3.05) is 5.75 Å². The third-order valence-corrected chi connectivity index (χ3v) is 2.34. The van der Waals surface area contributed by atoms with Crippen LogP contribution in [0.15, 0.2) is 0 Å². The van der Waals surface area contributed by atoms with Gasteiger partial charge in [-0.2, -0.15) is 11.8 Å². The second-order valence-corrected chi connectivity index (χ2v) is 5.25. The van der Waals surface area contributed by atoms with E-state index in [0.717, 1.165) is 5.75 Å². The highest BCUT2D eigenvalue weighted by atomic mass is 32.2. The molecular weight excluding hydrogens is 130 g/mol. The molecule has 0 aromatic heterocycles. The first-order valence-electron chi connectivity index (χ1n) is 3.31. The third-order valence-electron chi connectivity index (χ3n) is 0.779. The monoisotopic (exact) mass is 147 g/mol. The Morgan fingerprint density at radius 3 is 2.00 bits per heavy atom. The molecule has 0 fully saturated rings. The van der Waals surface area contributed by atoms with Crippen LogP contribution in [0.5, 0.6) is 0 Å². The van der Waals surface area contributed by atoms with Gasteiger partial charge in [-0.15, -0.1) is 0 Å². The van der Waals surface area contributed by atoms with Crippen molar-refractivity contribution in [2.45, 2.75) is 38.5 Å². The predicted molar refractivity (Wildman–Crippen MR) is 45.9 cm³/mol. The predicted octanol–water partition coefficient (Wildman–Crippen LogP) is 1.87. The molecule has 0 spiro atoms. The fraction of sp³-hybridized carbons (Fsp3) is 1.00. The Bertz CT molecular complexity index is 73.5. The van der Waals surface area contributed by atoms with E-state index in [4.69, 9.17) is 5.73 Å². The van der Waals surface area contributed by atoms with Gasteiger partial charge in [0.1, 0.15) is 0 Å². The fourth-order valence-electron chi connectivity index (χ4n) is 0.381. The molecule has 0 saturated carbocycles. The van der Waals surface area contributed by atoms with Gasteiger partial charge < -0.3 is 5.73 Å². The van der Waals surface area contributed by atoms with E-state index in [2.05, 4.69) is 20.8 Å². The molecule has 0 aromatic rings. The van der Waals surface area contributed by atoms with E-state index in [9.17, 15) is 0 Å². The second kappa shape index (κ2) is 3.47. The van der Waals surface area contributed by atoms with Crippen LogP contribution in [-0.4, -0.2) is 16.5 Å². The molecule has 0 unspecified atom stereocenters. The topological polar surface area (TPSA) is 26.0 Å². The lowest BCUT2D eigenvalue weighted by Crippen LogP contribution is -2.21. The van der Waals surface area contributed by atoms with Crippen molar-refractivity contribution >= 4 is 11.8 Å². The molecule has 2 heteroatoms. The molecule has 2 N–H and O–H groups in total. The average molecular weight is 147 g/mol. The summed E-state index contributed by atoms with van der Waals surface area (Å²) in [5.74, 6) is 1.06. The summed E-state index contributed by atoms with van der Waals surface area (Å²) in [7, 11) is 0. The van der Waals surface area contributed by atoms with Gasteiger partial charge in [0.25, 0.3) is 0 Å². The number of hydrogen-bond donors (Lipinski definition) is 1. The van der Waals surface area contributed by atoms with Crippen LogP contribution >= 0.6 is 11.8 Å². The van der Waals surface area contributed by atoms with Crippen molar-refractivity contribution in [3.05, 3.63) is 0 Å². The molecule has 0 radical (unpaired) electrons. The van der Waals surface area contributed by atoms with Crippen molar-refractivity contribution < 1.29 is 0 Å². The van der Waals surface area contributed by atoms with Gasteiger partial charge in [-0.3, -0.25) is 0 Å². The SMILES string of the molecule is C[C@H](N)CSC(C)(C)C. The summed E-state index contributed by atoms with van der Waals surface area (Å²) >= 11 is 1.92. The van der Waals surface area contributed by atoms with Gasteiger partial charge in [0.05, 0.1) is 0 Å². The molecule has 9 heavy (non-hydrogen) atoms. The summed E-state index contributed by atoms with van der Waals surface area (Å²) in [4.78, 5) is 0. The molecule has 1 nitrogen and oxygen atoms in total. The number of hydrogen-bond acceptors (Lipinski definition) is 2. The van der Waals surface area contributed by atoms with Crippen molar-refractivity contribution in [1.29, 1.82) is 0 Å². The minimum absolute atomic E-state index is 0.328. The highest BCUT2D eigenvalue weighted by Crippen LogP contribution is 2.22. The van der Waals surface area contributed by atoms with Crippen LogP contribution in [0.4, 0.5) is 0 Å². The Hall–Kier alpha value is 0.310. The van der Waals surface area contributed by atoms with Gasteiger partial charge in [0.15, 0.2) is 0 Å². The number of rotatable bonds is 2. The van der Waals surface area contributed by atoms with Gasteiger partial charge in [0, 0.05) is 16.5 Å². The van der Waals surface area contributed by atoms with Crippen LogP contribution in [-0.2, 0) is 0 Å². The Kier molecular flexibility index (Phi) is 3.59. The van der Waals surface area contributed by atoms with E-state index < -0.39 is 0 Å². The maximum absolute atomic E-state index is 5.58. The van der Waals surface area contributed by atoms with Crippen molar-refractivity contribution in [3.8, 4) is 0 Å². The minimum Gasteiger partial charge on any atom is -0.327 e. The van der Waals surface area contributed by atoms with Crippen molar-refractivity contribution in [1.82, 2.24) is 0 Å². The molecular formula is C7H17NS. The zero-order valence-corrected chi connectivity index (χ0v) is 7.59. The van der Waals surface area contributed by atoms with Crippen molar-refractivity contribution in [3.63, 3.8) is 0 Å². The first-order chi connectivity index (χ1) is 3.92. The summed E-state index contributed by atoms with van der Waals surface area (Å²) in [5, 5.41) is 0. The van der Waals surface area contributed by atoms with Gasteiger partial charge in [-0.1, -0.05) is 20.8 Å². The second-order valence-electron chi connectivity index (χ2n) is 3.40. The summed E-state index contributed by atoms with van der Waals surface area (Å²) in [6, 6.07) is 0.328. The molecule has 0 aromatic carbocycles. The van der Waals surface area contributed by atoms with E-state index in [1.165, 1.54) is 0 Å². The normalized spacial score (nSPS) is 15.7. The minimum atomic E-state index is 0.328. The van der Waals surface area contributed by atoms with E-state index >= 15 is 0 Å². The Labute approximate surface area is 62.4 Å². The van der Waals surface area contributed by atoms with Crippen LogP contribution < -0.4 is 5.73 Å². The van der Waals surface area contributed by atoms with Crippen LogP contribution in [0.2, 0.25) is 0 Å². The van der Waals surface area contributed by atoms with E-state index in [0.29, 0.717) is 10.8 Å². The molecule has 0 saturated heterocycles. The zero-order valence-electron chi connectivity index (χ0n) is 6.77. The molecule has 0 amide bonds. The van der Waals surface area contributed by atoms with Gasteiger partial charge >= 0.3 is 0 Å². The molecule has 0 aliphatic rings. The van der Waals surface area contributed by atoms with E-state index in [1.54, 1.807) is 0 Å². The maximum Gasteiger partial charge on any atom is 0.0102 e. The molecule has 0 rings (SSSR count). The fourth-order valence-corrected chi connectivity index (χ4v) is 1.14. The van der Waals surface area contributed by atoms with Crippen LogP contribution in [0.25, 0.3) is 0 Å². The Balaban J connectivity index is 3.28. The van der Waals surface area contributed by atoms with E-state index in [1.807, 2.05) is 18.7 Å². The highest BCUT2D eigenvalue weighted by molar-refractivity contribution is 8.00.